The van der Waals surface area contributed by atoms with Crippen LogP contribution in [0.5, 0.6) is 0 Å². The molecular formula is C50H104N2O6P+. The van der Waals surface area contributed by atoms with Gasteiger partial charge in [-0.25, -0.2) is 4.57 Å². The van der Waals surface area contributed by atoms with Crippen LogP contribution in [0.1, 0.15) is 264 Å². The summed E-state index contributed by atoms with van der Waals surface area (Å²) >= 11 is 0. The summed E-state index contributed by atoms with van der Waals surface area (Å²) < 4.78 is 23.6. The van der Waals surface area contributed by atoms with E-state index in [4.69, 9.17) is 9.05 Å². The van der Waals surface area contributed by atoms with Crippen LogP contribution >= 0.6 is 7.82 Å². The van der Waals surface area contributed by atoms with Crippen LogP contribution in [0.25, 0.3) is 0 Å². The highest BCUT2D eigenvalue weighted by atomic mass is 31.2. The fraction of sp³-hybridized carbons (Fsp3) is 0.980. The highest BCUT2D eigenvalue weighted by molar-refractivity contribution is 7.47. The van der Waals surface area contributed by atoms with Crippen LogP contribution in [-0.2, 0) is 18.4 Å². The molecule has 9 heteroatoms. The van der Waals surface area contributed by atoms with Crippen LogP contribution in [0.3, 0.4) is 0 Å². The number of carbonyl (C=O) groups excluding carboxylic acids is 1. The molecule has 0 heterocycles. The molecule has 0 aliphatic heterocycles. The number of unbranched alkanes of at least 4 members (excludes halogenated alkanes) is 35. The largest absolute Gasteiger partial charge is 0.472 e. The lowest BCUT2D eigenvalue weighted by atomic mass is 10.0. The van der Waals surface area contributed by atoms with Crippen molar-refractivity contribution in [3.63, 3.8) is 0 Å². The van der Waals surface area contributed by atoms with E-state index in [-0.39, 0.29) is 19.1 Å². The van der Waals surface area contributed by atoms with Gasteiger partial charge in [0.25, 0.3) is 0 Å². The third-order valence-electron chi connectivity index (χ3n) is 12.1. The first-order chi connectivity index (χ1) is 28.5. The number of quaternary nitrogens is 1. The zero-order chi connectivity index (χ0) is 43.6. The second-order valence-corrected chi connectivity index (χ2v) is 20.7. The standard InChI is InChI=1S/C50H103N2O6P/c1-6-8-10-12-14-16-17-18-19-20-21-22-23-24-25-26-27-28-29-30-31-32-33-34-35-36-37-39-41-43-49(53)48(47-58-59(55,56)57-46-45-52(3,4)5)51-50(54)44-42-40-38-15-13-11-9-7-2/h48-49,53H,6-47H2,1-5H3,(H-,51,54,55,56)/p+1. The van der Waals surface area contributed by atoms with Gasteiger partial charge in [-0.1, -0.05) is 245 Å². The Morgan fingerprint density at radius 3 is 1.14 bits per heavy atom. The van der Waals surface area contributed by atoms with Crippen LogP contribution in [0, 0.1) is 0 Å². The van der Waals surface area contributed by atoms with Crippen molar-refractivity contribution < 1.29 is 32.9 Å². The highest BCUT2D eigenvalue weighted by Crippen LogP contribution is 2.43. The van der Waals surface area contributed by atoms with Gasteiger partial charge >= 0.3 is 7.82 Å². The lowest BCUT2D eigenvalue weighted by Crippen LogP contribution is -2.46. The summed E-state index contributed by atoms with van der Waals surface area (Å²) in [4.78, 5) is 23.1. The van der Waals surface area contributed by atoms with Gasteiger partial charge in [0, 0.05) is 6.42 Å². The van der Waals surface area contributed by atoms with Crippen LogP contribution in [0.4, 0.5) is 0 Å². The Morgan fingerprint density at radius 2 is 0.814 bits per heavy atom. The molecule has 3 N–H and O–H groups in total. The van der Waals surface area contributed by atoms with Crippen molar-refractivity contribution in [2.75, 3.05) is 40.9 Å². The number of hydrogen-bond donors (Lipinski definition) is 3. The van der Waals surface area contributed by atoms with Crippen LogP contribution in [0.15, 0.2) is 0 Å². The Balaban J connectivity index is 3.94. The molecule has 0 aromatic heterocycles. The number of aliphatic hydroxyl groups excluding tert-OH is 1. The Labute approximate surface area is 368 Å². The van der Waals surface area contributed by atoms with Crippen molar-refractivity contribution in [3.8, 4) is 0 Å². The summed E-state index contributed by atoms with van der Waals surface area (Å²) in [5.74, 6) is -0.145. The van der Waals surface area contributed by atoms with Gasteiger partial charge in [-0.05, 0) is 12.8 Å². The molecule has 354 valence electrons. The zero-order valence-electron chi connectivity index (χ0n) is 40.3. The smallest absolute Gasteiger partial charge is 0.391 e. The summed E-state index contributed by atoms with van der Waals surface area (Å²) in [6.45, 7) is 4.88. The highest BCUT2D eigenvalue weighted by Gasteiger charge is 2.28. The maximum Gasteiger partial charge on any atom is 0.472 e. The number of phosphoric acid groups is 1. The molecule has 59 heavy (non-hydrogen) atoms. The summed E-state index contributed by atoms with van der Waals surface area (Å²) in [5.41, 5.74) is 0. The normalized spacial score (nSPS) is 14.1. The molecule has 1 amide bonds. The molecule has 0 aromatic rings. The van der Waals surface area contributed by atoms with Gasteiger partial charge in [0.2, 0.25) is 5.91 Å². The summed E-state index contributed by atoms with van der Waals surface area (Å²) in [6, 6.07) is -0.752. The molecule has 3 atom stereocenters. The van der Waals surface area contributed by atoms with E-state index in [1.165, 1.54) is 199 Å². The van der Waals surface area contributed by atoms with Crippen LogP contribution in [0.2, 0.25) is 0 Å². The predicted octanol–water partition coefficient (Wildman–Crippen LogP) is 14.9. The van der Waals surface area contributed by atoms with E-state index in [9.17, 15) is 19.4 Å². The SMILES string of the molecule is CCCCCCCCCCCCCCCCCCCCCCCCCCCCCCCC(O)C(COP(=O)(O)OCC[N+](C)(C)C)NC(=O)CCCCCCCCCC. The minimum Gasteiger partial charge on any atom is -0.391 e. The summed E-state index contributed by atoms with van der Waals surface area (Å²) in [5, 5.41) is 13.9. The van der Waals surface area contributed by atoms with Crippen molar-refractivity contribution in [1.82, 2.24) is 5.32 Å². The predicted molar refractivity (Wildman–Crippen MR) is 254 cm³/mol. The van der Waals surface area contributed by atoms with E-state index < -0.39 is 20.0 Å². The molecule has 0 aromatic carbocycles. The number of nitrogens with one attached hydrogen (secondary N) is 1. The number of phosphoric ester groups is 1. The molecule has 0 spiro atoms. The maximum absolute atomic E-state index is 12.8. The van der Waals surface area contributed by atoms with E-state index in [1.54, 1.807) is 0 Å². The lowest BCUT2D eigenvalue weighted by molar-refractivity contribution is -0.870. The minimum atomic E-state index is -4.30. The van der Waals surface area contributed by atoms with E-state index in [0.29, 0.717) is 23.9 Å². The molecular weight excluding hydrogens is 756 g/mol. The minimum absolute atomic E-state index is 0.0783. The van der Waals surface area contributed by atoms with Gasteiger partial charge in [0.05, 0.1) is 39.9 Å². The fourth-order valence-corrected chi connectivity index (χ4v) is 8.73. The Morgan fingerprint density at radius 1 is 0.508 bits per heavy atom. The molecule has 0 fully saturated rings. The monoisotopic (exact) mass is 860 g/mol. The summed E-state index contributed by atoms with van der Waals surface area (Å²) in [6.07, 6.45) is 48.9. The van der Waals surface area contributed by atoms with Gasteiger partial charge in [-0.3, -0.25) is 13.8 Å². The van der Waals surface area contributed by atoms with E-state index in [2.05, 4.69) is 19.2 Å². The number of likely N-dealkylation sites (N-methyl/N-ethyl adjacent to an activating group) is 1. The quantitative estimate of drug-likeness (QED) is 0.0320. The first kappa shape index (κ1) is 58.5. The average Bonchev–Trinajstić information content (AvgIpc) is 3.19. The zero-order valence-corrected chi connectivity index (χ0v) is 41.2. The molecule has 0 rings (SSSR count). The molecule has 8 nitrogen and oxygen atoms in total. The number of nitrogens with zero attached hydrogens (tertiary/aromatic N) is 1. The second-order valence-electron chi connectivity index (χ2n) is 19.3. The van der Waals surface area contributed by atoms with Crippen LogP contribution in [-0.4, -0.2) is 73.4 Å². The van der Waals surface area contributed by atoms with E-state index in [0.717, 1.165) is 38.5 Å². The number of amides is 1. The van der Waals surface area contributed by atoms with Gasteiger partial charge in [0.1, 0.15) is 13.2 Å². The third-order valence-corrected chi connectivity index (χ3v) is 13.1. The van der Waals surface area contributed by atoms with Gasteiger partial charge in [-0.15, -0.1) is 0 Å². The lowest BCUT2D eigenvalue weighted by Gasteiger charge is -2.26. The second kappa shape index (κ2) is 42.8. The van der Waals surface area contributed by atoms with Crippen molar-refractivity contribution in [1.29, 1.82) is 0 Å². The average molecular weight is 860 g/mol. The van der Waals surface area contributed by atoms with Gasteiger partial charge < -0.3 is 19.8 Å². The number of carbonyl (C=O) groups is 1. The molecule has 0 aliphatic carbocycles. The van der Waals surface area contributed by atoms with Crippen LogP contribution < -0.4 is 5.32 Å². The number of aliphatic hydroxyl groups is 1. The Hall–Kier alpha value is -0.500. The molecule has 0 aliphatic rings. The third kappa shape index (κ3) is 45.3. The first-order valence-corrected chi connectivity index (χ1v) is 27.4. The van der Waals surface area contributed by atoms with E-state index in [1.807, 2.05) is 21.1 Å². The van der Waals surface area contributed by atoms with Crippen molar-refractivity contribution in [3.05, 3.63) is 0 Å². The molecule has 0 radical (unpaired) electrons. The summed E-state index contributed by atoms with van der Waals surface area (Å²) in [7, 11) is 1.63. The van der Waals surface area contributed by atoms with E-state index >= 15 is 0 Å². The number of rotatable bonds is 48. The van der Waals surface area contributed by atoms with Gasteiger partial charge in [-0.2, -0.15) is 0 Å². The first-order valence-electron chi connectivity index (χ1n) is 25.9. The molecule has 0 bridgehead atoms. The van der Waals surface area contributed by atoms with Crippen molar-refractivity contribution in [2.45, 2.75) is 276 Å². The number of hydrogen-bond acceptors (Lipinski definition) is 5. The van der Waals surface area contributed by atoms with Gasteiger partial charge in [0.15, 0.2) is 0 Å². The maximum atomic E-state index is 12.8. The molecule has 0 saturated carbocycles. The fourth-order valence-electron chi connectivity index (χ4n) is 7.99. The van der Waals surface area contributed by atoms with Crippen molar-refractivity contribution >= 4 is 13.7 Å². The topological polar surface area (TPSA) is 105 Å². The van der Waals surface area contributed by atoms with Crippen molar-refractivity contribution in [2.24, 2.45) is 0 Å². The Bertz CT molecular complexity index is 932. The molecule has 0 saturated heterocycles. The Kier molecular flexibility index (Phi) is 42.4. The molecule has 3 unspecified atom stereocenters.